The molecular formula is C19H27N3O2. The lowest BCUT2D eigenvalue weighted by molar-refractivity contribution is 0.220. The van der Waals surface area contributed by atoms with Crippen LogP contribution in [0.3, 0.4) is 0 Å². The lowest BCUT2D eigenvalue weighted by Gasteiger charge is -2.26. The Morgan fingerprint density at radius 1 is 0.917 bits per heavy atom. The van der Waals surface area contributed by atoms with E-state index in [1.807, 2.05) is 30.5 Å². The van der Waals surface area contributed by atoms with Crippen LogP contribution in [-0.4, -0.2) is 56.2 Å². The van der Waals surface area contributed by atoms with E-state index in [0.29, 0.717) is 0 Å². The Hall–Kier alpha value is -2.11. The van der Waals surface area contributed by atoms with Crippen molar-refractivity contribution < 1.29 is 9.47 Å². The van der Waals surface area contributed by atoms with Crippen LogP contribution in [0, 0.1) is 0 Å². The molecule has 130 valence electrons. The molecule has 0 unspecified atom stereocenters. The number of ether oxygens (including phenoxy) is 2. The maximum absolute atomic E-state index is 5.54. The third kappa shape index (κ3) is 5.22. The van der Waals surface area contributed by atoms with Crippen molar-refractivity contribution in [3.63, 3.8) is 0 Å². The second-order valence-corrected chi connectivity index (χ2v) is 6.02. The molecular weight excluding hydrogens is 302 g/mol. The normalized spacial score (nSPS) is 11.1. The van der Waals surface area contributed by atoms with Gasteiger partial charge < -0.3 is 14.4 Å². The third-order valence-corrected chi connectivity index (χ3v) is 3.90. The minimum atomic E-state index is 0.760. The van der Waals surface area contributed by atoms with Crippen LogP contribution in [0.1, 0.15) is 11.1 Å². The fourth-order valence-corrected chi connectivity index (χ4v) is 2.61. The van der Waals surface area contributed by atoms with E-state index in [2.05, 4.69) is 34.9 Å². The number of hydrogen-bond donors (Lipinski definition) is 0. The SMILES string of the molecule is COc1cccc(OC)c1CN(CCN(C)C)Cc1cccnc1. The Morgan fingerprint density at radius 2 is 1.62 bits per heavy atom. The van der Waals surface area contributed by atoms with Gasteiger partial charge in [-0.2, -0.15) is 0 Å². The van der Waals surface area contributed by atoms with E-state index < -0.39 is 0 Å². The topological polar surface area (TPSA) is 37.8 Å². The maximum Gasteiger partial charge on any atom is 0.127 e. The van der Waals surface area contributed by atoms with Crippen LogP contribution in [0.4, 0.5) is 0 Å². The lowest BCUT2D eigenvalue weighted by Crippen LogP contribution is -2.31. The Morgan fingerprint density at radius 3 is 2.17 bits per heavy atom. The molecule has 1 aromatic heterocycles. The quantitative estimate of drug-likeness (QED) is 0.707. The van der Waals surface area contributed by atoms with Gasteiger partial charge in [0.25, 0.3) is 0 Å². The van der Waals surface area contributed by atoms with Crippen molar-refractivity contribution in [1.29, 1.82) is 0 Å². The predicted octanol–water partition coefficient (Wildman–Crippen LogP) is 2.66. The van der Waals surface area contributed by atoms with Crippen molar-refractivity contribution in [3.05, 3.63) is 53.9 Å². The molecule has 0 atom stereocenters. The number of hydrogen-bond acceptors (Lipinski definition) is 5. The van der Waals surface area contributed by atoms with Gasteiger partial charge in [-0.05, 0) is 37.9 Å². The van der Waals surface area contributed by atoms with Crippen molar-refractivity contribution in [2.75, 3.05) is 41.4 Å². The summed E-state index contributed by atoms with van der Waals surface area (Å²) in [6.07, 6.45) is 3.72. The van der Waals surface area contributed by atoms with Gasteiger partial charge in [0.1, 0.15) is 11.5 Å². The molecule has 5 nitrogen and oxygen atoms in total. The van der Waals surface area contributed by atoms with Crippen molar-refractivity contribution in [2.24, 2.45) is 0 Å². The first-order valence-corrected chi connectivity index (χ1v) is 8.10. The van der Waals surface area contributed by atoms with Gasteiger partial charge in [0, 0.05) is 38.6 Å². The van der Waals surface area contributed by atoms with Gasteiger partial charge in [-0.1, -0.05) is 12.1 Å². The van der Waals surface area contributed by atoms with Crippen LogP contribution in [0.5, 0.6) is 11.5 Å². The minimum absolute atomic E-state index is 0.760. The molecule has 1 heterocycles. The van der Waals surface area contributed by atoms with Gasteiger partial charge in [-0.25, -0.2) is 0 Å². The molecule has 0 saturated carbocycles. The molecule has 0 radical (unpaired) electrons. The van der Waals surface area contributed by atoms with Crippen molar-refractivity contribution >= 4 is 0 Å². The summed E-state index contributed by atoms with van der Waals surface area (Å²) in [6, 6.07) is 9.99. The predicted molar refractivity (Wildman–Crippen MR) is 96.5 cm³/mol. The van der Waals surface area contributed by atoms with Gasteiger partial charge in [0.2, 0.25) is 0 Å². The summed E-state index contributed by atoms with van der Waals surface area (Å²) >= 11 is 0. The van der Waals surface area contributed by atoms with Gasteiger partial charge in [-0.3, -0.25) is 9.88 Å². The van der Waals surface area contributed by atoms with E-state index in [9.17, 15) is 0 Å². The van der Waals surface area contributed by atoms with E-state index in [0.717, 1.165) is 43.2 Å². The molecule has 5 heteroatoms. The Bertz CT molecular complexity index is 595. The summed E-state index contributed by atoms with van der Waals surface area (Å²) in [5.74, 6) is 1.71. The van der Waals surface area contributed by atoms with Crippen LogP contribution < -0.4 is 9.47 Å². The number of methoxy groups -OCH3 is 2. The summed E-state index contributed by atoms with van der Waals surface area (Å²) in [4.78, 5) is 8.80. The van der Waals surface area contributed by atoms with Crippen LogP contribution in [-0.2, 0) is 13.1 Å². The zero-order valence-corrected chi connectivity index (χ0v) is 15.0. The zero-order chi connectivity index (χ0) is 17.4. The Kier molecular flexibility index (Phi) is 7.03. The molecule has 0 amide bonds. The summed E-state index contributed by atoms with van der Waals surface area (Å²) < 4.78 is 11.1. The van der Waals surface area contributed by atoms with Crippen LogP contribution >= 0.6 is 0 Å². The van der Waals surface area contributed by atoms with Gasteiger partial charge in [-0.15, -0.1) is 0 Å². The number of benzene rings is 1. The fourth-order valence-electron chi connectivity index (χ4n) is 2.61. The van der Waals surface area contributed by atoms with Gasteiger partial charge >= 0.3 is 0 Å². The maximum atomic E-state index is 5.54. The molecule has 2 rings (SSSR count). The average molecular weight is 329 g/mol. The highest BCUT2D eigenvalue weighted by atomic mass is 16.5. The summed E-state index contributed by atoms with van der Waals surface area (Å²) in [6.45, 7) is 3.53. The standard InChI is InChI=1S/C19H27N3O2/c1-21(2)11-12-22(14-16-7-6-10-20-13-16)15-17-18(23-3)8-5-9-19(17)24-4/h5-10,13H,11-12,14-15H2,1-4H3. The molecule has 0 spiro atoms. The largest absolute Gasteiger partial charge is 0.496 e. The smallest absolute Gasteiger partial charge is 0.127 e. The van der Waals surface area contributed by atoms with Crippen molar-refractivity contribution in [2.45, 2.75) is 13.1 Å². The highest BCUT2D eigenvalue weighted by Gasteiger charge is 2.15. The molecule has 0 N–H and O–H groups in total. The molecule has 24 heavy (non-hydrogen) atoms. The number of nitrogens with zero attached hydrogens (tertiary/aromatic N) is 3. The molecule has 0 bridgehead atoms. The van der Waals surface area contributed by atoms with Crippen LogP contribution in [0.25, 0.3) is 0 Å². The van der Waals surface area contributed by atoms with Crippen molar-refractivity contribution in [3.8, 4) is 11.5 Å². The van der Waals surface area contributed by atoms with Crippen LogP contribution in [0.2, 0.25) is 0 Å². The zero-order valence-electron chi connectivity index (χ0n) is 15.0. The third-order valence-electron chi connectivity index (χ3n) is 3.90. The van der Waals surface area contributed by atoms with E-state index >= 15 is 0 Å². The fraction of sp³-hybridized carbons (Fsp3) is 0.421. The van der Waals surface area contributed by atoms with Gasteiger partial charge in [0.15, 0.2) is 0 Å². The number of rotatable bonds is 9. The van der Waals surface area contributed by atoms with E-state index in [-0.39, 0.29) is 0 Å². The molecule has 0 saturated heterocycles. The van der Waals surface area contributed by atoms with E-state index in [1.54, 1.807) is 20.4 Å². The summed E-state index contributed by atoms with van der Waals surface area (Å²) in [7, 11) is 7.57. The summed E-state index contributed by atoms with van der Waals surface area (Å²) in [5.41, 5.74) is 2.27. The Labute approximate surface area is 144 Å². The summed E-state index contributed by atoms with van der Waals surface area (Å²) in [5, 5.41) is 0. The number of aromatic nitrogens is 1. The first kappa shape index (κ1) is 18.2. The first-order chi connectivity index (χ1) is 11.6. The first-order valence-electron chi connectivity index (χ1n) is 8.10. The second-order valence-electron chi connectivity index (χ2n) is 6.02. The number of pyridine rings is 1. The monoisotopic (exact) mass is 329 g/mol. The Balaban J connectivity index is 2.21. The highest BCUT2D eigenvalue weighted by Crippen LogP contribution is 2.29. The molecule has 0 fully saturated rings. The minimum Gasteiger partial charge on any atom is -0.496 e. The lowest BCUT2D eigenvalue weighted by atomic mass is 10.1. The molecule has 1 aromatic carbocycles. The highest BCUT2D eigenvalue weighted by molar-refractivity contribution is 5.44. The van der Waals surface area contributed by atoms with E-state index in [1.165, 1.54) is 5.56 Å². The second kappa shape index (κ2) is 9.25. The van der Waals surface area contributed by atoms with Gasteiger partial charge in [0.05, 0.1) is 19.8 Å². The van der Waals surface area contributed by atoms with Crippen LogP contribution in [0.15, 0.2) is 42.7 Å². The number of likely N-dealkylation sites (N-methyl/N-ethyl adjacent to an activating group) is 1. The molecule has 0 aliphatic rings. The van der Waals surface area contributed by atoms with Crippen molar-refractivity contribution in [1.82, 2.24) is 14.8 Å². The molecule has 0 aliphatic heterocycles. The molecule has 0 aliphatic carbocycles. The van der Waals surface area contributed by atoms with E-state index in [4.69, 9.17) is 9.47 Å². The molecule has 2 aromatic rings. The average Bonchev–Trinajstić information content (AvgIpc) is 2.60.